The number of aromatic nitrogens is 3. The lowest BCUT2D eigenvalue weighted by Crippen LogP contribution is -2.35. The van der Waals surface area contributed by atoms with Gasteiger partial charge in [-0.15, -0.1) is 0 Å². The molecule has 0 atom stereocenters. The van der Waals surface area contributed by atoms with Crippen molar-refractivity contribution < 1.29 is 10.2 Å². The van der Waals surface area contributed by atoms with Crippen LogP contribution in [0.4, 0.5) is 17.2 Å². The number of amides is 1. The molecule has 0 fully saturated rings. The van der Waals surface area contributed by atoms with Gasteiger partial charge in [-0.05, 0) is 41.8 Å². The first-order valence-electron chi connectivity index (χ1n) is 11.2. The van der Waals surface area contributed by atoms with Crippen LogP contribution >= 0.6 is 0 Å². The molecule has 0 radical (unpaired) electrons. The first-order chi connectivity index (χ1) is 16.6. The highest BCUT2D eigenvalue weighted by Gasteiger charge is 2.20. The zero-order valence-corrected chi connectivity index (χ0v) is 18.7. The third kappa shape index (κ3) is 4.38. The Labute approximate surface area is 197 Å². The van der Waals surface area contributed by atoms with E-state index in [1.807, 2.05) is 47.4 Å². The number of anilines is 3. The summed E-state index contributed by atoms with van der Waals surface area (Å²) in [4.78, 5) is 26.8. The van der Waals surface area contributed by atoms with E-state index >= 15 is 0 Å². The number of nitrogens with zero attached hydrogens (tertiary/aromatic N) is 3. The summed E-state index contributed by atoms with van der Waals surface area (Å²) in [6.07, 6.45) is 6.32. The molecule has 1 amide bonds. The molecule has 1 aliphatic rings. The molecule has 0 aliphatic carbocycles. The van der Waals surface area contributed by atoms with E-state index in [1.54, 1.807) is 6.07 Å². The zero-order valence-electron chi connectivity index (χ0n) is 18.7. The molecule has 0 saturated heterocycles. The van der Waals surface area contributed by atoms with E-state index < -0.39 is 0 Å². The number of hydrogen-bond acceptors (Lipinski definition) is 5. The molecule has 0 saturated carbocycles. The molecule has 2 aromatic carbocycles. The lowest BCUT2D eigenvalue weighted by molar-refractivity contribution is -0.130. The number of nitrogens with two attached hydrogens (primary N) is 2. The van der Waals surface area contributed by atoms with Gasteiger partial charge in [-0.25, -0.2) is 9.97 Å². The average Bonchev–Trinajstić information content (AvgIpc) is 3.31. The zero-order chi connectivity index (χ0) is 23.5. The third-order valence-corrected chi connectivity index (χ3v) is 6.06. The summed E-state index contributed by atoms with van der Waals surface area (Å²) in [6.45, 7) is 1.28. The molecule has 8 nitrogen and oxygen atoms in total. The van der Waals surface area contributed by atoms with Crippen LogP contribution in [0.25, 0.3) is 16.6 Å². The van der Waals surface area contributed by atoms with Crippen molar-refractivity contribution in [1.82, 2.24) is 19.9 Å². The Morgan fingerprint density at radius 2 is 2.03 bits per heavy atom. The SMILES string of the molecule is Nc1ccc(Nc2ncnc3[nH]c(C4=CCN(C(=O)Cc5ccccc5)CC4)cc23)cc1C=[NH2+]. The first kappa shape index (κ1) is 21.4. The number of carbonyl (C=O) groups excluding carboxylic acids is 1. The van der Waals surface area contributed by atoms with Crippen LogP contribution in [0.3, 0.4) is 0 Å². The minimum absolute atomic E-state index is 0.146. The average molecular weight is 453 g/mol. The van der Waals surface area contributed by atoms with Crippen LogP contribution in [0.1, 0.15) is 23.2 Å². The molecule has 3 heterocycles. The summed E-state index contributed by atoms with van der Waals surface area (Å²) < 4.78 is 0. The number of aromatic amines is 1. The van der Waals surface area contributed by atoms with Gasteiger partial charge >= 0.3 is 0 Å². The molecule has 8 heteroatoms. The van der Waals surface area contributed by atoms with Crippen molar-refractivity contribution in [3.8, 4) is 0 Å². The molecular formula is C26H26N7O+. The number of hydrogen-bond donors (Lipinski definition) is 4. The number of nitrogen functional groups attached to an aromatic ring is 1. The predicted octanol–water partition coefficient (Wildman–Crippen LogP) is 2.32. The Kier molecular flexibility index (Phi) is 5.78. The standard InChI is InChI=1S/C26H25N7O/c27-15-19-13-20(6-7-22(19)28)31-25-21-14-23(32-26(21)30-16-29-25)18-8-10-33(11-9-18)24(34)12-17-4-2-1-3-5-17/h1-8,13-16,27H,9-12,28H2,(H2,29,30,31,32)/p+1. The number of carbonyl (C=O) groups is 1. The van der Waals surface area contributed by atoms with Gasteiger partial charge in [0.25, 0.3) is 0 Å². The van der Waals surface area contributed by atoms with E-state index in [0.717, 1.165) is 40.0 Å². The van der Waals surface area contributed by atoms with Gasteiger partial charge in [-0.3, -0.25) is 10.2 Å². The molecular weight excluding hydrogens is 426 g/mol. The Morgan fingerprint density at radius 3 is 2.79 bits per heavy atom. The van der Waals surface area contributed by atoms with Gasteiger partial charge in [0, 0.05) is 30.2 Å². The number of fused-ring (bicyclic) bond motifs is 1. The highest BCUT2D eigenvalue weighted by atomic mass is 16.2. The normalized spacial score (nSPS) is 13.5. The summed E-state index contributed by atoms with van der Waals surface area (Å²) in [7, 11) is 0. The molecule has 0 spiro atoms. The Morgan fingerprint density at radius 1 is 1.18 bits per heavy atom. The van der Waals surface area contributed by atoms with Gasteiger partial charge in [0.05, 0.1) is 17.4 Å². The van der Waals surface area contributed by atoms with E-state index in [2.05, 4.69) is 32.4 Å². The van der Waals surface area contributed by atoms with Crippen LogP contribution in [0, 0.1) is 0 Å². The van der Waals surface area contributed by atoms with Crippen LogP contribution in [0.5, 0.6) is 0 Å². The van der Waals surface area contributed by atoms with Gasteiger partial charge in [0.1, 0.15) is 17.8 Å². The summed E-state index contributed by atoms with van der Waals surface area (Å²) in [6, 6.07) is 17.5. The molecule has 2 aromatic heterocycles. The largest absolute Gasteiger partial charge is 0.398 e. The highest BCUT2D eigenvalue weighted by molar-refractivity contribution is 5.93. The van der Waals surface area contributed by atoms with E-state index in [1.165, 1.54) is 18.1 Å². The van der Waals surface area contributed by atoms with Crippen molar-refractivity contribution in [1.29, 1.82) is 0 Å². The van der Waals surface area contributed by atoms with Crippen molar-refractivity contribution in [2.24, 2.45) is 0 Å². The maximum atomic E-state index is 12.7. The lowest BCUT2D eigenvalue weighted by atomic mass is 10.0. The van der Waals surface area contributed by atoms with Crippen LogP contribution in [0.2, 0.25) is 0 Å². The van der Waals surface area contributed by atoms with E-state index in [4.69, 9.17) is 11.1 Å². The van der Waals surface area contributed by atoms with Crippen molar-refractivity contribution in [3.63, 3.8) is 0 Å². The fourth-order valence-corrected chi connectivity index (χ4v) is 4.17. The molecule has 4 aromatic rings. The molecule has 1 aliphatic heterocycles. The number of benzene rings is 2. The van der Waals surface area contributed by atoms with Gasteiger partial charge in [0.2, 0.25) is 5.91 Å². The Bertz CT molecular complexity index is 1390. The molecule has 6 N–H and O–H groups in total. The minimum Gasteiger partial charge on any atom is -0.398 e. The fourth-order valence-electron chi connectivity index (χ4n) is 4.17. The first-order valence-corrected chi connectivity index (χ1v) is 11.2. The highest BCUT2D eigenvalue weighted by Crippen LogP contribution is 2.29. The minimum atomic E-state index is 0.146. The van der Waals surface area contributed by atoms with Crippen molar-refractivity contribution >= 4 is 45.9 Å². The van der Waals surface area contributed by atoms with Gasteiger partial charge < -0.3 is 20.9 Å². The van der Waals surface area contributed by atoms with Crippen molar-refractivity contribution in [2.45, 2.75) is 12.8 Å². The maximum Gasteiger partial charge on any atom is 0.227 e. The molecule has 0 unspecified atom stereocenters. The second-order valence-corrected chi connectivity index (χ2v) is 8.28. The Hall–Kier alpha value is -4.46. The summed E-state index contributed by atoms with van der Waals surface area (Å²) in [5.41, 5.74) is 12.1. The monoisotopic (exact) mass is 452 g/mol. The van der Waals surface area contributed by atoms with Gasteiger partial charge in [-0.1, -0.05) is 36.4 Å². The topological polar surface area (TPSA) is 126 Å². The van der Waals surface area contributed by atoms with Crippen LogP contribution in [-0.4, -0.2) is 45.1 Å². The van der Waals surface area contributed by atoms with E-state index in [9.17, 15) is 4.79 Å². The molecule has 34 heavy (non-hydrogen) atoms. The molecule has 0 bridgehead atoms. The Balaban J connectivity index is 1.33. The summed E-state index contributed by atoms with van der Waals surface area (Å²) in [5.74, 6) is 0.837. The molecule has 170 valence electrons. The second kappa shape index (κ2) is 9.19. The van der Waals surface area contributed by atoms with Crippen LogP contribution in [-0.2, 0) is 11.2 Å². The van der Waals surface area contributed by atoms with Crippen LogP contribution < -0.4 is 16.5 Å². The van der Waals surface area contributed by atoms with Gasteiger partial charge in [0.15, 0.2) is 6.21 Å². The third-order valence-electron chi connectivity index (χ3n) is 6.06. The number of H-pyrrole nitrogens is 1. The van der Waals surface area contributed by atoms with Crippen molar-refractivity contribution in [3.05, 3.63) is 83.8 Å². The van der Waals surface area contributed by atoms with E-state index in [0.29, 0.717) is 31.0 Å². The maximum absolute atomic E-state index is 12.7. The quantitative estimate of drug-likeness (QED) is 0.264. The smallest absolute Gasteiger partial charge is 0.227 e. The number of rotatable bonds is 6. The summed E-state index contributed by atoms with van der Waals surface area (Å²) in [5, 5.41) is 9.88. The predicted molar refractivity (Wildman–Crippen MR) is 134 cm³/mol. The number of nitrogens with one attached hydrogen (secondary N) is 2. The summed E-state index contributed by atoms with van der Waals surface area (Å²) >= 11 is 0. The second-order valence-electron chi connectivity index (χ2n) is 8.28. The van der Waals surface area contributed by atoms with Crippen molar-refractivity contribution in [2.75, 3.05) is 24.1 Å². The molecule has 5 rings (SSSR count). The van der Waals surface area contributed by atoms with E-state index in [-0.39, 0.29) is 5.91 Å². The van der Waals surface area contributed by atoms with Crippen LogP contribution in [0.15, 0.2) is 67.0 Å². The fraction of sp³-hybridized carbons (Fsp3) is 0.154. The van der Waals surface area contributed by atoms with Gasteiger partial charge in [-0.2, -0.15) is 0 Å². The lowest BCUT2D eigenvalue weighted by Gasteiger charge is -2.26.